The van der Waals surface area contributed by atoms with Crippen LogP contribution in [0, 0.1) is 5.82 Å². The van der Waals surface area contributed by atoms with E-state index in [1.165, 1.54) is 23.9 Å². The molecule has 0 fully saturated rings. The first kappa shape index (κ1) is 12.3. The maximum atomic E-state index is 12.8. The number of thioether (sulfide) groups is 1. The molecule has 0 aliphatic carbocycles. The van der Waals surface area contributed by atoms with Crippen molar-refractivity contribution >= 4 is 29.3 Å². The fourth-order valence-electron chi connectivity index (χ4n) is 0.835. The molecule has 4 N–H and O–H groups in total. The molecule has 3 nitrogen and oxygen atoms in total. The Bertz CT molecular complexity index is 375. The second-order valence-electron chi connectivity index (χ2n) is 2.90. The molecule has 15 heavy (non-hydrogen) atoms. The Kier molecular flexibility index (Phi) is 4.38. The lowest BCUT2D eigenvalue weighted by Crippen LogP contribution is -2.38. The smallest absolute Gasteiger partial charge is 0.235 e. The molecule has 1 aromatic carbocycles. The third kappa shape index (κ3) is 3.70. The number of primary amides is 1. The molecule has 0 radical (unpaired) electrons. The fourth-order valence-corrected chi connectivity index (χ4v) is 1.98. The molecule has 0 saturated carbocycles. The number of carbonyl (C=O) groups is 1. The monoisotopic (exact) mass is 248 g/mol. The lowest BCUT2D eigenvalue weighted by molar-refractivity contribution is -0.118. The van der Waals surface area contributed by atoms with Crippen molar-refractivity contribution in [2.24, 2.45) is 11.5 Å². The van der Waals surface area contributed by atoms with Crippen molar-refractivity contribution in [1.82, 2.24) is 0 Å². The average Bonchev–Trinajstić information content (AvgIpc) is 2.19. The van der Waals surface area contributed by atoms with E-state index in [2.05, 4.69) is 0 Å². The third-order valence-electron chi connectivity index (χ3n) is 1.69. The van der Waals surface area contributed by atoms with Crippen molar-refractivity contribution in [1.29, 1.82) is 0 Å². The number of carbonyl (C=O) groups excluding carboxylic acids is 1. The number of benzene rings is 1. The van der Waals surface area contributed by atoms with E-state index in [-0.39, 0.29) is 5.02 Å². The summed E-state index contributed by atoms with van der Waals surface area (Å²) in [6.07, 6.45) is 0. The van der Waals surface area contributed by atoms with Crippen LogP contribution in [0.4, 0.5) is 4.39 Å². The minimum absolute atomic E-state index is 0.0487. The van der Waals surface area contributed by atoms with E-state index >= 15 is 0 Å². The van der Waals surface area contributed by atoms with Gasteiger partial charge in [0.25, 0.3) is 0 Å². The van der Waals surface area contributed by atoms with Crippen LogP contribution in [0.15, 0.2) is 23.1 Å². The zero-order chi connectivity index (χ0) is 11.4. The van der Waals surface area contributed by atoms with Crippen molar-refractivity contribution in [3.63, 3.8) is 0 Å². The van der Waals surface area contributed by atoms with Gasteiger partial charge in [-0.3, -0.25) is 4.79 Å². The first-order valence-corrected chi connectivity index (χ1v) is 5.50. The van der Waals surface area contributed by atoms with Crippen LogP contribution >= 0.6 is 23.4 Å². The van der Waals surface area contributed by atoms with E-state index < -0.39 is 17.8 Å². The van der Waals surface area contributed by atoms with E-state index in [9.17, 15) is 9.18 Å². The summed E-state index contributed by atoms with van der Waals surface area (Å²) in [6.45, 7) is 0. The Labute approximate surface area is 96.0 Å². The highest BCUT2D eigenvalue weighted by Crippen LogP contribution is 2.24. The lowest BCUT2D eigenvalue weighted by Gasteiger charge is -2.06. The van der Waals surface area contributed by atoms with Gasteiger partial charge in [-0.05, 0) is 18.2 Å². The zero-order valence-corrected chi connectivity index (χ0v) is 9.32. The van der Waals surface area contributed by atoms with Gasteiger partial charge in [-0.15, -0.1) is 11.8 Å². The molecule has 0 spiro atoms. The van der Waals surface area contributed by atoms with Crippen LogP contribution in [-0.2, 0) is 4.79 Å². The molecule has 82 valence electrons. The van der Waals surface area contributed by atoms with Gasteiger partial charge >= 0.3 is 0 Å². The first-order chi connectivity index (χ1) is 7.00. The summed E-state index contributed by atoms with van der Waals surface area (Å²) < 4.78 is 12.8. The zero-order valence-electron chi connectivity index (χ0n) is 7.74. The third-order valence-corrected chi connectivity index (χ3v) is 3.09. The Morgan fingerprint density at radius 2 is 2.27 bits per heavy atom. The van der Waals surface area contributed by atoms with Gasteiger partial charge in [-0.25, -0.2) is 4.39 Å². The Hall–Kier alpha value is -0.780. The molecule has 6 heteroatoms. The number of amides is 1. The molecule has 0 aliphatic heterocycles. The summed E-state index contributed by atoms with van der Waals surface area (Å²) in [5.74, 6) is -0.687. The normalized spacial score (nSPS) is 12.5. The Morgan fingerprint density at radius 1 is 1.60 bits per heavy atom. The standard InChI is InChI=1S/C9H10ClFN2OS/c10-6-3-5(1-2-7(6)11)15-4-8(12)9(13)14/h1-3,8H,4,12H2,(H2,13,14). The molecule has 0 bridgehead atoms. The van der Waals surface area contributed by atoms with Crippen molar-refractivity contribution in [2.75, 3.05) is 5.75 Å². The van der Waals surface area contributed by atoms with Gasteiger partial charge in [0, 0.05) is 10.6 Å². The number of hydrogen-bond acceptors (Lipinski definition) is 3. The van der Waals surface area contributed by atoms with Gasteiger partial charge in [0.1, 0.15) is 5.82 Å². The van der Waals surface area contributed by atoms with Crippen LogP contribution in [0.25, 0.3) is 0 Å². The van der Waals surface area contributed by atoms with Crippen molar-refractivity contribution in [2.45, 2.75) is 10.9 Å². The maximum absolute atomic E-state index is 12.8. The number of halogens is 2. The van der Waals surface area contributed by atoms with Gasteiger partial charge < -0.3 is 11.5 Å². The predicted octanol–water partition coefficient (Wildman–Crippen LogP) is 1.38. The maximum Gasteiger partial charge on any atom is 0.235 e. The highest BCUT2D eigenvalue weighted by molar-refractivity contribution is 7.99. The van der Waals surface area contributed by atoms with Gasteiger partial charge in [-0.1, -0.05) is 11.6 Å². The second kappa shape index (κ2) is 5.34. The highest BCUT2D eigenvalue weighted by Gasteiger charge is 2.10. The van der Waals surface area contributed by atoms with Crippen LogP contribution in [0.5, 0.6) is 0 Å². The average molecular weight is 249 g/mol. The highest BCUT2D eigenvalue weighted by atomic mass is 35.5. The summed E-state index contributed by atoms with van der Waals surface area (Å²) in [7, 11) is 0. The van der Waals surface area contributed by atoms with Crippen LogP contribution in [0.3, 0.4) is 0 Å². The molecule has 0 heterocycles. The largest absolute Gasteiger partial charge is 0.368 e. The van der Waals surface area contributed by atoms with Crippen LogP contribution < -0.4 is 11.5 Å². The summed E-state index contributed by atoms with van der Waals surface area (Å²) in [6, 6.07) is 3.61. The molecule has 1 rings (SSSR count). The van der Waals surface area contributed by atoms with Gasteiger partial charge in [0.15, 0.2) is 0 Å². The van der Waals surface area contributed by atoms with E-state index in [0.29, 0.717) is 5.75 Å². The molecular formula is C9H10ClFN2OS. The molecule has 0 aromatic heterocycles. The topological polar surface area (TPSA) is 69.1 Å². The minimum atomic E-state index is -0.709. The van der Waals surface area contributed by atoms with Gasteiger partial charge in [0.05, 0.1) is 11.1 Å². The van der Waals surface area contributed by atoms with Crippen LogP contribution in [0.2, 0.25) is 5.02 Å². The Balaban J connectivity index is 2.58. The fraction of sp³-hybridized carbons (Fsp3) is 0.222. The number of rotatable bonds is 4. The SMILES string of the molecule is NC(=O)C(N)CSc1ccc(F)c(Cl)c1. The molecule has 1 aromatic rings. The molecule has 0 saturated heterocycles. The summed E-state index contributed by atoms with van der Waals surface area (Å²) in [5, 5.41) is 0.0487. The van der Waals surface area contributed by atoms with E-state index in [0.717, 1.165) is 4.90 Å². The van der Waals surface area contributed by atoms with Crippen LogP contribution in [-0.4, -0.2) is 17.7 Å². The van der Waals surface area contributed by atoms with Crippen molar-refractivity contribution < 1.29 is 9.18 Å². The van der Waals surface area contributed by atoms with Crippen molar-refractivity contribution in [3.8, 4) is 0 Å². The van der Waals surface area contributed by atoms with E-state index in [1.54, 1.807) is 6.07 Å². The number of nitrogens with two attached hydrogens (primary N) is 2. The molecule has 1 amide bonds. The van der Waals surface area contributed by atoms with E-state index in [4.69, 9.17) is 23.1 Å². The first-order valence-electron chi connectivity index (χ1n) is 4.13. The minimum Gasteiger partial charge on any atom is -0.368 e. The predicted molar refractivity (Wildman–Crippen MR) is 59.3 cm³/mol. The molecule has 1 atom stereocenters. The van der Waals surface area contributed by atoms with Crippen molar-refractivity contribution in [3.05, 3.63) is 29.0 Å². The summed E-state index contributed by atoms with van der Waals surface area (Å²) in [4.78, 5) is 11.4. The number of hydrogen-bond donors (Lipinski definition) is 2. The summed E-state index contributed by atoms with van der Waals surface area (Å²) in [5.41, 5.74) is 10.4. The second-order valence-corrected chi connectivity index (χ2v) is 4.40. The molecule has 1 unspecified atom stereocenters. The summed E-state index contributed by atoms with van der Waals surface area (Å²) >= 11 is 6.88. The van der Waals surface area contributed by atoms with Gasteiger partial charge in [-0.2, -0.15) is 0 Å². The van der Waals surface area contributed by atoms with Gasteiger partial charge in [0.2, 0.25) is 5.91 Å². The van der Waals surface area contributed by atoms with Crippen LogP contribution in [0.1, 0.15) is 0 Å². The Morgan fingerprint density at radius 3 is 2.80 bits per heavy atom. The lowest BCUT2D eigenvalue weighted by atomic mass is 10.3. The molecule has 0 aliphatic rings. The van der Waals surface area contributed by atoms with E-state index in [1.807, 2.05) is 0 Å². The quantitative estimate of drug-likeness (QED) is 0.791. The molecular weight excluding hydrogens is 239 g/mol.